The summed E-state index contributed by atoms with van der Waals surface area (Å²) in [5.41, 5.74) is 11.9. The first-order valence-electron chi connectivity index (χ1n) is 4.57. The summed E-state index contributed by atoms with van der Waals surface area (Å²) in [6, 6.07) is 4.58. The molecule has 4 nitrogen and oxygen atoms in total. The molecule has 86 valence electrons. The van der Waals surface area contributed by atoms with E-state index in [4.69, 9.17) is 35.3 Å². The average molecular weight is 258 g/mol. The second-order valence-corrected chi connectivity index (χ2v) is 4.17. The van der Waals surface area contributed by atoms with Gasteiger partial charge >= 0.3 is 0 Å². The second-order valence-electron chi connectivity index (χ2n) is 3.33. The monoisotopic (exact) mass is 257 g/mol. The zero-order chi connectivity index (χ0) is 12.3. The molecule has 1 unspecified atom stereocenters. The van der Waals surface area contributed by atoms with Crippen molar-refractivity contribution in [1.82, 2.24) is 0 Å². The Morgan fingerprint density at radius 2 is 2.12 bits per heavy atom. The van der Waals surface area contributed by atoms with Gasteiger partial charge in [0.25, 0.3) is 0 Å². The Labute approximate surface area is 104 Å². The van der Waals surface area contributed by atoms with Crippen LogP contribution in [-0.2, 0) is 4.79 Å². The highest BCUT2D eigenvalue weighted by molar-refractivity contribution is 7.80. The Balaban J connectivity index is 2.91. The van der Waals surface area contributed by atoms with Gasteiger partial charge in [0, 0.05) is 5.56 Å². The van der Waals surface area contributed by atoms with Crippen molar-refractivity contribution in [3.8, 4) is 0 Å². The number of hydrogen-bond acceptors (Lipinski definition) is 3. The van der Waals surface area contributed by atoms with Gasteiger partial charge in [0.1, 0.15) is 11.0 Å². The molecule has 0 aliphatic heterocycles. The lowest BCUT2D eigenvalue weighted by Crippen LogP contribution is -2.32. The number of primary amides is 1. The molecule has 1 amide bonds. The van der Waals surface area contributed by atoms with Crippen LogP contribution in [0.1, 0.15) is 12.5 Å². The first-order valence-corrected chi connectivity index (χ1v) is 5.35. The molecule has 5 N–H and O–H groups in total. The Morgan fingerprint density at radius 3 is 2.56 bits per heavy atom. The molecular formula is C10H12ClN3OS. The van der Waals surface area contributed by atoms with E-state index in [-0.39, 0.29) is 4.99 Å². The largest absolute Gasteiger partial charge is 0.389 e. The number of carbonyl (C=O) groups excluding carboxylic acids is 1. The van der Waals surface area contributed by atoms with Gasteiger partial charge < -0.3 is 16.8 Å². The standard InChI is InChI=1S/C10H12ClN3OS/c1-5(9(12)15)14-8-3-2-6(10(13)16)4-7(8)11/h2-5,14H,1H3,(H2,12,15)(H2,13,16). The quantitative estimate of drug-likeness (QED) is 0.710. The molecule has 0 aromatic heterocycles. The van der Waals surface area contributed by atoms with Crippen molar-refractivity contribution >= 4 is 40.4 Å². The number of thiocarbonyl (C=S) groups is 1. The van der Waals surface area contributed by atoms with Crippen LogP contribution >= 0.6 is 23.8 Å². The topological polar surface area (TPSA) is 81.1 Å². The van der Waals surface area contributed by atoms with Crippen molar-refractivity contribution in [3.63, 3.8) is 0 Å². The lowest BCUT2D eigenvalue weighted by molar-refractivity contribution is -0.118. The van der Waals surface area contributed by atoms with Crippen LogP contribution in [0, 0.1) is 0 Å². The van der Waals surface area contributed by atoms with Crippen molar-refractivity contribution in [3.05, 3.63) is 28.8 Å². The maximum atomic E-state index is 10.9. The molecule has 0 bridgehead atoms. The SMILES string of the molecule is CC(Nc1ccc(C(N)=S)cc1Cl)C(N)=O. The molecule has 0 aliphatic carbocycles. The molecule has 0 spiro atoms. The van der Waals surface area contributed by atoms with Crippen LogP contribution in [0.2, 0.25) is 5.02 Å². The van der Waals surface area contributed by atoms with Crippen molar-refractivity contribution < 1.29 is 4.79 Å². The fourth-order valence-electron chi connectivity index (χ4n) is 1.09. The summed E-state index contributed by atoms with van der Waals surface area (Å²) in [4.78, 5) is 11.1. The minimum absolute atomic E-state index is 0.274. The number of nitrogens with one attached hydrogen (secondary N) is 1. The van der Waals surface area contributed by atoms with Crippen LogP contribution in [0.25, 0.3) is 0 Å². The third-order valence-electron chi connectivity index (χ3n) is 2.05. The predicted octanol–water partition coefficient (Wildman–Crippen LogP) is 1.26. The van der Waals surface area contributed by atoms with E-state index in [0.717, 1.165) is 0 Å². The average Bonchev–Trinajstić information content (AvgIpc) is 2.20. The predicted molar refractivity (Wildman–Crippen MR) is 69.6 cm³/mol. The van der Waals surface area contributed by atoms with Crippen LogP contribution < -0.4 is 16.8 Å². The zero-order valence-corrected chi connectivity index (χ0v) is 10.2. The first kappa shape index (κ1) is 12.7. The zero-order valence-electron chi connectivity index (χ0n) is 8.66. The van der Waals surface area contributed by atoms with Gasteiger partial charge in [-0.1, -0.05) is 23.8 Å². The lowest BCUT2D eigenvalue weighted by Gasteiger charge is -2.13. The van der Waals surface area contributed by atoms with Crippen molar-refractivity contribution in [1.29, 1.82) is 0 Å². The molecule has 0 heterocycles. The van der Waals surface area contributed by atoms with E-state index in [2.05, 4.69) is 5.32 Å². The van der Waals surface area contributed by atoms with E-state index in [1.807, 2.05) is 0 Å². The van der Waals surface area contributed by atoms with E-state index >= 15 is 0 Å². The molecule has 1 aromatic carbocycles. The van der Waals surface area contributed by atoms with Gasteiger partial charge in [-0.2, -0.15) is 0 Å². The van der Waals surface area contributed by atoms with E-state index < -0.39 is 11.9 Å². The third kappa shape index (κ3) is 3.08. The van der Waals surface area contributed by atoms with Crippen LogP contribution in [0.5, 0.6) is 0 Å². The highest BCUT2D eigenvalue weighted by atomic mass is 35.5. The fourth-order valence-corrected chi connectivity index (χ4v) is 1.45. The lowest BCUT2D eigenvalue weighted by atomic mass is 10.2. The molecular weight excluding hydrogens is 246 g/mol. The van der Waals surface area contributed by atoms with Gasteiger partial charge in [0.2, 0.25) is 5.91 Å². The highest BCUT2D eigenvalue weighted by Gasteiger charge is 2.10. The minimum Gasteiger partial charge on any atom is -0.389 e. The number of carbonyl (C=O) groups is 1. The summed E-state index contributed by atoms with van der Waals surface area (Å²) in [6.07, 6.45) is 0. The Morgan fingerprint density at radius 1 is 1.50 bits per heavy atom. The van der Waals surface area contributed by atoms with Gasteiger partial charge in [0.05, 0.1) is 10.7 Å². The Bertz CT molecular complexity index is 436. The summed E-state index contributed by atoms with van der Waals surface area (Å²) in [5, 5.41) is 3.33. The van der Waals surface area contributed by atoms with Gasteiger partial charge in [-0.25, -0.2) is 0 Å². The number of anilines is 1. The van der Waals surface area contributed by atoms with Crippen molar-refractivity contribution in [2.45, 2.75) is 13.0 Å². The second kappa shape index (κ2) is 5.14. The van der Waals surface area contributed by atoms with E-state index in [0.29, 0.717) is 16.3 Å². The van der Waals surface area contributed by atoms with Crippen molar-refractivity contribution in [2.24, 2.45) is 11.5 Å². The Kier molecular flexibility index (Phi) is 4.09. The molecule has 0 aliphatic rings. The highest BCUT2D eigenvalue weighted by Crippen LogP contribution is 2.23. The number of amides is 1. The maximum Gasteiger partial charge on any atom is 0.239 e. The number of rotatable bonds is 4. The smallest absolute Gasteiger partial charge is 0.239 e. The van der Waals surface area contributed by atoms with Crippen LogP contribution in [0.15, 0.2) is 18.2 Å². The van der Waals surface area contributed by atoms with Gasteiger partial charge in [-0.15, -0.1) is 0 Å². The van der Waals surface area contributed by atoms with Crippen LogP contribution in [0.3, 0.4) is 0 Å². The molecule has 0 fully saturated rings. The first-order chi connectivity index (χ1) is 7.41. The van der Waals surface area contributed by atoms with E-state index in [1.54, 1.807) is 25.1 Å². The summed E-state index contributed by atoms with van der Waals surface area (Å²) in [6.45, 7) is 1.65. The molecule has 0 saturated heterocycles. The number of hydrogen-bond donors (Lipinski definition) is 3. The molecule has 1 atom stereocenters. The van der Waals surface area contributed by atoms with Crippen molar-refractivity contribution in [2.75, 3.05) is 5.32 Å². The summed E-state index contributed by atoms with van der Waals surface area (Å²) < 4.78 is 0. The van der Waals surface area contributed by atoms with Gasteiger partial charge in [0.15, 0.2) is 0 Å². The molecule has 6 heteroatoms. The van der Waals surface area contributed by atoms with Crippen LogP contribution in [0.4, 0.5) is 5.69 Å². The van der Waals surface area contributed by atoms with E-state index in [9.17, 15) is 4.79 Å². The number of benzene rings is 1. The van der Waals surface area contributed by atoms with Gasteiger partial charge in [-0.05, 0) is 25.1 Å². The molecule has 1 rings (SSSR count). The number of nitrogens with two attached hydrogens (primary N) is 2. The fraction of sp³-hybridized carbons (Fsp3) is 0.200. The summed E-state index contributed by atoms with van der Waals surface area (Å²) >= 11 is 10.8. The minimum atomic E-state index is -0.492. The van der Waals surface area contributed by atoms with E-state index in [1.165, 1.54) is 0 Å². The molecule has 0 radical (unpaired) electrons. The molecule has 1 aromatic rings. The summed E-state index contributed by atoms with van der Waals surface area (Å²) in [5.74, 6) is -0.450. The maximum absolute atomic E-state index is 10.9. The Hall–Kier alpha value is -1.33. The molecule has 0 saturated carbocycles. The summed E-state index contributed by atoms with van der Waals surface area (Å²) in [7, 11) is 0. The molecule has 16 heavy (non-hydrogen) atoms. The normalized spacial score (nSPS) is 11.9. The van der Waals surface area contributed by atoms with Gasteiger partial charge in [-0.3, -0.25) is 4.79 Å². The third-order valence-corrected chi connectivity index (χ3v) is 2.60. The number of halogens is 1. The van der Waals surface area contributed by atoms with Crippen LogP contribution in [-0.4, -0.2) is 16.9 Å².